The molecule has 9 heteroatoms. The summed E-state index contributed by atoms with van der Waals surface area (Å²) >= 11 is 0. The first-order valence-corrected chi connectivity index (χ1v) is 8.82. The minimum absolute atomic E-state index is 0.111. The van der Waals surface area contributed by atoms with Crippen LogP contribution in [0.2, 0.25) is 0 Å². The molecule has 2 fully saturated rings. The van der Waals surface area contributed by atoms with Gasteiger partial charge >= 0.3 is 5.97 Å². The number of methoxy groups -OCH3 is 1. The topological polar surface area (TPSA) is 107 Å². The third-order valence-electron chi connectivity index (χ3n) is 5.27. The average Bonchev–Trinajstić information content (AvgIpc) is 3.23. The van der Waals surface area contributed by atoms with Crippen LogP contribution in [0.15, 0.2) is 29.2 Å². The zero-order chi connectivity index (χ0) is 19.4. The minimum Gasteiger partial charge on any atom is -0.468 e. The number of likely N-dealkylation sites (tertiary alicyclic amines) is 1. The molecule has 1 N–H and O–H groups in total. The molecule has 3 heterocycles. The van der Waals surface area contributed by atoms with E-state index in [-0.39, 0.29) is 56.0 Å². The Bertz CT molecular complexity index is 791. The van der Waals surface area contributed by atoms with Gasteiger partial charge < -0.3 is 24.3 Å². The van der Waals surface area contributed by atoms with Gasteiger partial charge in [-0.25, -0.2) is 0 Å². The van der Waals surface area contributed by atoms with Crippen LogP contribution in [0.4, 0.5) is 0 Å². The van der Waals surface area contributed by atoms with Crippen molar-refractivity contribution >= 4 is 17.8 Å². The van der Waals surface area contributed by atoms with E-state index < -0.39 is 11.4 Å². The van der Waals surface area contributed by atoms with Crippen molar-refractivity contribution in [3.05, 3.63) is 34.7 Å². The SMILES string of the molecule is COC(=O)CNC(=O)[C@@]12COC[C@@H]1CN(C(=O)CCn1ccccc1=O)C2. The Morgan fingerprint density at radius 1 is 1.37 bits per heavy atom. The number of fused-ring (bicyclic) bond motifs is 1. The molecule has 1 aromatic heterocycles. The summed E-state index contributed by atoms with van der Waals surface area (Å²) in [5, 5.41) is 2.59. The van der Waals surface area contributed by atoms with Gasteiger partial charge in [-0.15, -0.1) is 0 Å². The number of ether oxygens (including phenoxy) is 2. The second-order valence-corrected chi connectivity index (χ2v) is 6.88. The van der Waals surface area contributed by atoms with Crippen LogP contribution < -0.4 is 10.9 Å². The van der Waals surface area contributed by atoms with Gasteiger partial charge in [0.1, 0.15) is 6.54 Å². The normalized spacial score (nSPS) is 23.7. The maximum atomic E-state index is 12.7. The Labute approximate surface area is 156 Å². The second kappa shape index (κ2) is 7.91. The van der Waals surface area contributed by atoms with E-state index in [1.54, 1.807) is 23.2 Å². The molecule has 0 aromatic carbocycles. The first kappa shape index (κ1) is 19.1. The maximum absolute atomic E-state index is 12.7. The van der Waals surface area contributed by atoms with Gasteiger partial charge in [0.2, 0.25) is 11.8 Å². The number of aryl methyl sites for hydroxylation is 1. The molecule has 0 saturated carbocycles. The lowest BCUT2D eigenvalue weighted by molar-refractivity contribution is -0.143. The van der Waals surface area contributed by atoms with E-state index in [1.165, 1.54) is 17.7 Å². The number of hydrogen-bond donors (Lipinski definition) is 1. The van der Waals surface area contributed by atoms with Gasteiger partial charge in [-0.05, 0) is 6.07 Å². The quantitative estimate of drug-likeness (QED) is 0.638. The van der Waals surface area contributed by atoms with Crippen LogP contribution in [0, 0.1) is 11.3 Å². The fourth-order valence-corrected chi connectivity index (χ4v) is 3.67. The molecule has 0 spiro atoms. The summed E-state index contributed by atoms with van der Waals surface area (Å²) in [6.45, 7) is 1.36. The molecule has 0 bridgehead atoms. The van der Waals surface area contributed by atoms with Crippen molar-refractivity contribution in [2.75, 3.05) is 40.0 Å². The number of nitrogens with one attached hydrogen (secondary N) is 1. The predicted octanol–water partition coefficient (Wildman–Crippen LogP) is -0.997. The molecule has 0 unspecified atom stereocenters. The summed E-state index contributed by atoms with van der Waals surface area (Å²) in [5.41, 5.74) is -0.997. The highest BCUT2D eigenvalue weighted by atomic mass is 16.5. The minimum atomic E-state index is -0.840. The lowest BCUT2D eigenvalue weighted by Crippen LogP contribution is -2.48. The Kier molecular flexibility index (Phi) is 5.59. The van der Waals surface area contributed by atoms with Crippen molar-refractivity contribution in [2.45, 2.75) is 13.0 Å². The molecule has 1 aromatic rings. The summed E-state index contributed by atoms with van der Waals surface area (Å²) < 4.78 is 11.5. The average molecular weight is 377 g/mol. The number of pyridine rings is 1. The molecule has 2 amide bonds. The number of amides is 2. The summed E-state index contributed by atoms with van der Waals surface area (Å²) in [6, 6.07) is 4.84. The van der Waals surface area contributed by atoms with Gasteiger partial charge in [-0.3, -0.25) is 19.2 Å². The fraction of sp³-hybridized carbons (Fsp3) is 0.556. The molecular formula is C18H23N3O6. The van der Waals surface area contributed by atoms with Crippen LogP contribution in [-0.4, -0.2) is 67.2 Å². The van der Waals surface area contributed by atoms with Gasteiger partial charge in [0.25, 0.3) is 5.56 Å². The van der Waals surface area contributed by atoms with E-state index in [0.717, 1.165) is 0 Å². The maximum Gasteiger partial charge on any atom is 0.325 e. The van der Waals surface area contributed by atoms with Crippen LogP contribution >= 0.6 is 0 Å². The number of carbonyl (C=O) groups is 3. The fourth-order valence-electron chi connectivity index (χ4n) is 3.67. The summed E-state index contributed by atoms with van der Waals surface area (Å²) in [6.07, 6.45) is 1.82. The predicted molar refractivity (Wildman–Crippen MR) is 93.7 cm³/mol. The van der Waals surface area contributed by atoms with Crippen molar-refractivity contribution in [3.8, 4) is 0 Å². The Balaban J connectivity index is 1.61. The van der Waals surface area contributed by atoms with Crippen LogP contribution in [0.5, 0.6) is 0 Å². The summed E-state index contributed by atoms with van der Waals surface area (Å²) in [5.74, 6) is -1.06. The number of aromatic nitrogens is 1. The lowest BCUT2D eigenvalue weighted by atomic mass is 9.80. The summed E-state index contributed by atoms with van der Waals surface area (Å²) in [4.78, 5) is 49.9. The van der Waals surface area contributed by atoms with Gasteiger partial charge in [0.05, 0.1) is 25.7 Å². The second-order valence-electron chi connectivity index (χ2n) is 6.88. The number of rotatable bonds is 6. The van der Waals surface area contributed by atoms with E-state index in [9.17, 15) is 19.2 Å². The molecule has 2 saturated heterocycles. The van der Waals surface area contributed by atoms with E-state index in [2.05, 4.69) is 10.1 Å². The highest BCUT2D eigenvalue weighted by Crippen LogP contribution is 2.41. The number of hydrogen-bond acceptors (Lipinski definition) is 6. The standard InChI is InChI=1S/C18H23N3O6/c1-26-16(24)8-19-17(25)18-11-21(9-13(18)10-27-12-18)15(23)5-7-20-6-3-2-4-14(20)22/h2-4,6,13H,5,7-12H2,1H3,(H,19,25)/t13-,18-/m0/s1. The van der Waals surface area contributed by atoms with Crippen molar-refractivity contribution in [3.63, 3.8) is 0 Å². The Morgan fingerprint density at radius 2 is 2.19 bits per heavy atom. The molecule has 9 nitrogen and oxygen atoms in total. The van der Waals surface area contributed by atoms with E-state index >= 15 is 0 Å². The van der Waals surface area contributed by atoms with Crippen molar-refractivity contribution < 1.29 is 23.9 Å². The number of nitrogens with zero attached hydrogens (tertiary/aromatic N) is 2. The Morgan fingerprint density at radius 3 is 2.93 bits per heavy atom. The molecule has 146 valence electrons. The van der Waals surface area contributed by atoms with Gasteiger partial charge in [-0.2, -0.15) is 0 Å². The highest BCUT2D eigenvalue weighted by Gasteiger charge is 2.56. The zero-order valence-corrected chi connectivity index (χ0v) is 15.2. The van der Waals surface area contributed by atoms with Crippen molar-refractivity contribution in [1.29, 1.82) is 0 Å². The van der Waals surface area contributed by atoms with Gasteiger partial charge in [-0.1, -0.05) is 6.07 Å². The first-order valence-electron chi connectivity index (χ1n) is 8.82. The molecule has 3 rings (SSSR count). The first-order chi connectivity index (χ1) is 13.0. The van der Waals surface area contributed by atoms with Gasteiger partial charge in [0, 0.05) is 44.2 Å². The lowest BCUT2D eigenvalue weighted by Gasteiger charge is -2.25. The molecule has 2 aliphatic heterocycles. The van der Waals surface area contributed by atoms with Crippen molar-refractivity contribution in [2.24, 2.45) is 11.3 Å². The van der Waals surface area contributed by atoms with E-state index in [1.807, 2.05) is 0 Å². The largest absolute Gasteiger partial charge is 0.468 e. The molecule has 2 aliphatic rings. The van der Waals surface area contributed by atoms with Crippen LogP contribution in [0.3, 0.4) is 0 Å². The molecular weight excluding hydrogens is 354 g/mol. The molecule has 2 atom stereocenters. The molecule has 0 aliphatic carbocycles. The molecule has 0 radical (unpaired) electrons. The smallest absolute Gasteiger partial charge is 0.325 e. The number of esters is 1. The van der Waals surface area contributed by atoms with E-state index in [4.69, 9.17) is 4.74 Å². The van der Waals surface area contributed by atoms with Crippen molar-refractivity contribution in [1.82, 2.24) is 14.8 Å². The van der Waals surface area contributed by atoms with Crippen LogP contribution in [0.1, 0.15) is 6.42 Å². The van der Waals surface area contributed by atoms with Crippen LogP contribution in [-0.2, 0) is 30.4 Å². The number of carbonyl (C=O) groups excluding carboxylic acids is 3. The third-order valence-corrected chi connectivity index (χ3v) is 5.27. The monoisotopic (exact) mass is 377 g/mol. The van der Waals surface area contributed by atoms with E-state index in [0.29, 0.717) is 13.2 Å². The Hall–Kier alpha value is -2.68. The third kappa shape index (κ3) is 3.87. The van der Waals surface area contributed by atoms with Gasteiger partial charge in [0.15, 0.2) is 0 Å². The summed E-state index contributed by atoms with van der Waals surface area (Å²) in [7, 11) is 1.25. The van der Waals surface area contributed by atoms with Crippen LogP contribution in [0.25, 0.3) is 0 Å². The highest BCUT2D eigenvalue weighted by molar-refractivity contribution is 5.88. The molecule has 27 heavy (non-hydrogen) atoms. The zero-order valence-electron chi connectivity index (χ0n) is 15.2.